The summed E-state index contributed by atoms with van der Waals surface area (Å²) in [5, 5.41) is 1.68. The van der Waals surface area contributed by atoms with Crippen LogP contribution in [-0.2, 0) is 19.0 Å². The van der Waals surface area contributed by atoms with Gasteiger partial charge in [-0.15, -0.1) is 0 Å². The van der Waals surface area contributed by atoms with Crippen LogP contribution in [-0.4, -0.2) is 45.0 Å². The number of rotatable bonds is 4. The largest absolute Gasteiger partial charge is 0.441 e. The number of aromatic nitrogens is 1. The molecule has 22 heavy (non-hydrogen) atoms. The molecule has 2 aromatic heterocycles. The first kappa shape index (κ1) is 15.2. The zero-order chi connectivity index (χ0) is 15.9. The fourth-order valence-corrected chi connectivity index (χ4v) is 3.59. The maximum Gasteiger partial charge on any atom is 0.415 e. The fourth-order valence-electron chi connectivity index (χ4n) is 2.12. The van der Waals surface area contributed by atoms with Crippen LogP contribution in [0.4, 0.5) is 9.80 Å². The van der Waals surface area contributed by atoms with E-state index in [9.17, 15) is 13.2 Å². The van der Waals surface area contributed by atoms with Gasteiger partial charge in [0.05, 0.1) is 12.8 Å². The number of carbonyl (C=O) groups excluding carboxylic acids is 1. The lowest BCUT2D eigenvalue weighted by Crippen LogP contribution is -2.25. The standard InChI is InChI=1S/C13H14N2O5S2/c1-8-3-4-9-5-11(21-12(9)14-8)15-6-10(20-13(15)16)7-19-22(2,17)18/h3-5,10H,6-7H2,1-2H3/t10-/m1/s1. The number of ether oxygens (including phenoxy) is 1. The number of fused-ring (bicyclic) bond motifs is 1. The summed E-state index contributed by atoms with van der Waals surface area (Å²) in [5.74, 6) is 0. The predicted molar refractivity (Wildman–Crippen MR) is 82.8 cm³/mol. The Hall–Kier alpha value is -1.71. The van der Waals surface area contributed by atoms with Gasteiger partial charge < -0.3 is 4.74 Å². The van der Waals surface area contributed by atoms with Gasteiger partial charge in [0, 0.05) is 11.1 Å². The van der Waals surface area contributed by atoms with Gasteiger partial charge in [0.1, 0.15) is 22.5 Å². The van der Waals surface area contributed by atoms with E-state index in [0.717, 1.165) is 27.2 Å². The van der Waals surface area contributed by atoms with Gasteiger partial charge in [-0.05, 0) is 19.1 Å². The summed E-state index contributed by atoms with van der Waals surface area (Å²) in [6, 6.07) is 5.72. The van der Waals surface area contributed by atoms with Crippen molar-refractivity contribution in [1.82, 2.24) is 4.98 Å². The first-order valence-electron chi connectivity index (χ1n) is 6.51. The fraction of sp³-hybridized carbons (Fsp3) is 0.385. The molecule has 9 heteroatoms. The van der Waals surface area contributed by atoms with Crippen molar-refractivity contribution in [2.75, 3.05) is 24.3 Å². The first-order chi connectivity index (χ1) is 10.3. The number of hydrogen-bond acceptors (Lipinski definition) is 7. The average molecular weight is 342 g/mol. The highest BCUT2D eigenvalue weighted by molar-refractivity contribution is 7.85. The number of aryl methyl sites for hydroxylation is 1. The summed E-state index contributed by atoms with van der Waals surface area (Å²) in [7, 11) is -3.55. The number of hydrogen-bond donors (Lipinski definition) is 0. The van der Waals surface area contributed by atoms with E-state index < -0.39 is 22.3 Å². The summed E-state index contributed by atoms with van der Waals surface area (Å²) in [6.45, 7) is 1.98. The maximum absolute atomic E-state index is 11.9. The Morgan fingerprint density at radius 1 is 1.50 bits per heavy atom. The zero-order valence-corrected chi connectivity index (χ0v) is 13.6. The van der Waals surface area contributed by atoms with Crippen LogP contribution in [0.2, 0.25) is 0 Å². The highest BCUT2D eigenvalue weighted by Crippen LogP contribution is 2.33. The van der Waals surface area contributed by atoms with E-state index in [0.29, 0.717) is 0 Å². The molecule has 2 aromatic rings. The minimum Gasteiger partial charge on any atom is -0.441 e. The van der Waals surface area contributed by atoms with Crippen LogP contribution in [0.3, 0.4) is 0 Å². The van der Waals surface area contributed by atoms with Gasteiger partial charge in [-0.3, -0.25) is 9.08 Å². The highest BCUT2D eigenvalue weighted by atomic mass is 32.2. The molecule has 1 aliphatic rings. The topological polar surface area (TPSA) is 85.8 Å². The molecule has 3 rings (SSSR count). The van der Waals surface area contributed by atoms with Crippen molar-refractivity contribution >= 4 is 42.8 Å². The van der Waals surface area contributed by atoms with Gasteiger partial charge in [-0.25, -0.2) is 9.78 Å². The summed E-state index contributed by atoms with van der Waals surface area (Å²) >= 11 is 1.39. The predicted octanol–water partition coefficient (Wildman–Crippen LogP) is 1.91. The number of amides is 1. The third-order valence-electron chi connectivity index (χ3n) is 3.12. The minimum atomic E-state index is -3.55. The second-order valence-electron chi connectivity index (χ2n) is 5.04. The van der Waals surface area contributed by atoms with Crippen LogP contribution in [0.15, 0.2) is 18.2 Å². The third kappa shape index (κ3) is 3.21. The molecule has 3 heterocycles. The number of anilines is 1. The van der Waals surface area contributed by atoms with E-state index in [-0.39, 0.29) is 13.2 Å². The molecule has 0 aliphatic carbocycles. The van der Waals surface area contributed by atoms with Gasteiger partial charge in [0.2, 0.25) is 0 Å². The Balaban J connectivity index is 1.77. The number of carbonyl (C=O) groups is 1. The van der Waals surface area contributed by atoms with Crippen molar-refractivity contribution in [3.8, 4) is 0 Å². The highest BCUT2D eigenvalue weighted by Gasteiger charge is 2.34. The van der Waals surface area contributed by atoms with E-state index in [1.807, 2.05) is 25.1 Å². The van der Waals surface area contributed by atoms with Gasteiger partial charge in [-0.2, -0.15) is 8.42 Å². The Labute approximate surface area is 131 Å². The zero-order valence-electron chi connectivity index (χ0n) is 12.0. The van der Waals surface area contributed by atoms with Crippen LogP contribution in [0.1, 0.15) is 5.69 Å². The molecule has 0 bridgehead atoms. The number of thiophene rings is 1. The average Bonchev–Trinajstić information content (AvgIpc) is 2.98. The Bertz CT molecular complexity index is 830. The lowest BCUT2D eigenvalue weighted by molar-refractivity contribution is 0.107. The first-order valence-corrected chi connectivity index (χ1v) is 9.15. The molecule has 118 valence electrons. The second kappa shape index (κ2) is 5.49. The SMILES string of the molecule is Cc1ccc2cc(N3C[C@H](COS(C)(=O)=O)OC3=O)sc2n1. The van der Waals surface area contributed by atoms with Crippen LogP contribution in [0.5, 0.6) is 0 Å². The van der Waals surface area contributed by atoms with E-state index >= 15 is 0 Å². The van der Waals surface area contributed by atoms with E-state index in [4.69, 9.17) is 4.74 Å². The normalized spacial score (nSPS) is 18.9. The van der Waals surface area contributed by atoms with Gasteiger partial charge in [-0.1, -0.05) is 17.4 Å². The molecule has 1 atom stereocenters. The van der Waals surface area contributed by atoms with Crippen LogP contribution in [0, 0.1) is 6.92 Å². The summed E-state index contributed by atoms with van der Waals surface area (Å²) < 4.78 is 31.8. The quantitative estimate of drug-likeness (QED) is 0.789. The monoisotopic (exact) mass is 342 g/mol. The molecule has 0 spiro atoms. The molecular formula is C13H14N2O5S2. The third-order valence-corrected chi connectivity index (χ3v) is 4.75. The summed E-state index contributed by atoms with van der Waals surface area (Å²) in [6.07, 6.45) is -0.158. The van der Waals surface area contributed by atoms with Crippen LogP contribution >= 0.6 is 11.3 Å². The molecule has 7 nitrogen and oxygen atoms in total. The molecule has 1 aliphatic heterocycles. The van der Waals surface area contributed by atoms with Crippen molar-refractivity contribution < 1.29 is 22.1 Å². The molecular weight excluding hydrogens is 328 g/mol. The lowest BCUT2D eigenvalue weighted by Gasteiger charge is -2.09. The molecule has 0 radical (unpaired) electrons. The molecule has 1 fully saturated rings. The molecule has 0 N–H and O–H groups in total. The van der Waals surface area contributed by atoms with E-state index in [1.165, 1.54) is 16.2 Å². The Kier molecular flexibility index (Phi) is 3.79. The van der Waals surface area contributed by atoms with Crippen LogP contribution in [0.25, 0.3) is 10.2 Å². The van der Waals surface area contributed by atoms with Gasteiger partial charge in [0.25, 0.3) is 10.1 Å². The van der Waals surface area contributed by atoms with Crippen molar-refractivity contribution in [1.29, 1.82) is 0 Å². The van der Waals surface area contributed by atoms with Gasteiger partial charge in [0.15, 0.2) is 0 Å². The van der Waals surface area contributed by atoms with Gasteiger partial charge >= 0.3 is 6.09 Å². The lowest BCUT2D eigenvalue weighted by atomic mass is 10.3. The second-order valence-corrected chi connectivity index (χ2v) is 7.69. The molecule has 0 aromatic carbocycles. The van der Waals surface area contributed by atoms with E-state index in [1.54, 1.807) is 0 Å². The number of nitrogens with zero attached hydrogens (tertiary/aromatic N) is 2. The summed E-state index contributed by atoms with van der Waals surface area (Å²) in [5.41, 5.74) is 0.907. The van der Waals surface area contributed by atoms with E-state index in [2.05, 4.69) is 9.17 Å². The Morgan fingerprint density at radius 3 is 3.00 bits per heavy atom. The molecule has 1 amide bonds. The van der Waals surface area contributed by atoms with Crippen molar-refractivity contribution in [3.63, 3.8) is 0 Å². The molecule has 0 unspecified atom stereocenters. The summed E-state index contributed by atoms with van der Waals surface area (Å²) in [4.78, 5) is 18.7. The number of pyridine rings is 1. The Morgan fingerprint density at radius 2 is 2.27 bits per heavy atom. The van der Waals surface area contributed by atoms with Crippen molar-refractivity contribution in [2.24, 2.45) is 0 Å². The molecule has 0 saturated carbocycles. The van der Waals surface area contributed by atoms with Crippen LogP contribution < -0.4 is 4.90 Å². The minimum absolute atomic E-state index is 0.177. The molecule has 1 saturated heterocycles. The maximum atomic E-state index is 11.9. The smallest absolute Gasteiger partial charge is 0.415 e. The van der Waals surface area contributed by atoms with Crippen molar-refractivity contribution in [3.05, 3.63) is 23.9 Å². The van der Waals surface area contributed by atoms with Crippen molar-refractivity contribution in [2.45, 2.75) is 13.0 Å². The number of cyclic esters (lactones) is 1.